The van der Waals surface area contributed by atoms with Crippen LogP contribution in [0.25, 0.3) is 5.78 Å². The lowest BCUT2D eigenvalue weighted by Gasteiger charge is -2.08. The summed E-state index contributed by atoms with van der Waals surface area (Å²) in [7, 11) is 0. The molecular formula is C17H12BrF3N4O. The number of hydrogen-bond donors (Lipinski definition) is 1. The first-order valence-electron chi connectivity index (χ1n) is 7.60. The van der Waals surface area contributed by atoms with E-state index in [4.69, 9.17) is 5.26 Å². The largest absolute Gasteiger partial charge is 0.505 e. The summed E-state index contributed by atoms with van der Waals surface area (Å²) < 4.78 is 40.5. The molecule has 0 unspecified atom stereocenters. The summed E-state index contributed by atoms with van der Waals surface area (Å²) in [4.78, 5) is 7.82. The maximum absolute atomic E-state index is 12.9. The molecule has 2 aromatic heterocycles. The van der Waals surface area contributed by atoms with Crippen molar-refractivity contribution in [3.05, 3.63) is 57.1 Å². The molecule has 5 nitrogen and oxygen atoms in total. The number of rotatable bonds is 3. The lowest BCUT2D eigenvalue weighted by molar-refractivity contribution is -0.141. The van der Waals surface area contributed by atoms with E-state index in [1.165, 1.54) is 16.7 Å². The molecule has 0 spiro atoms. The highest BCUT2D eigenvalue weighted by Crippen LogP contribution is 2.31. The number of nitrogens with zero attached hydrogens (tertiary/aromatic N) is 4. The summed E-state index contributed by atoms with van der Waals surface area (Å²) in [5.74, 6) is -0.174. The number of halogens is 4. The molecule has 0 bridgehead atoms. The molecule has 0 saturated heterocycles. The summed E-state index contributed by atoms with van der Waals surface area (Å²) in [6.07, 6.45) is -2.40. The third-order valence-corrected chi connectivity index (χ3v) is 4.52. The monoisotopic (exact) mass is 424 g/mol. The van der Waals surface area contributed by atoms with Crippen LogP contribution < -0.4 is 0 Å². The Morgan fingerprint density at radius 2 is 2.04 bits per heavy atom. The number of alkyl halides is 3. The van der Waals surface area contributed by atoms with E-state index < -0.39 is 11.9 Å². The van der Waals surface area contributed by atoms with Gasteiger partial charge in [0.2, 0.25) is 5.78 Å². The van der Waals surface area contributed by atoms with E-state index in [1.54, 1.807) is 6.07 Å². The van der Waals surface area contributed by atoms with Crippen molar-refractivity contribution in [1.29, 1.82) is 5.26 Å². The number of imidazole rings is 1. The Labute approximate surface area is 154 Å². The Balaban J connectivity index is 2.11. The van der Waals surface area contributed by atoms with Crippen molar-refractivity contribution in [3.8, 4) is 11.8 Å². The standard InChI is InChI=1S/C17H12BrF3N4O/c1-2-12-13(7-9-5-10(8-22)15(26)11(18)6-9)25-4-3-14(17(19,20)21)24-16(25)23-12/h3-6,26H,2,7H2,1H3. The van der Waals surface area contributed by atoms with Gasteiger partial charge in [-0.15, -0.1) is 0 Å². The molecule has 0 aliphatic rings. The molecule has 1 aromatic carbocycles. The number of nitriles is 1. The SMILES string of the molecule is CCc1nc2nc(C(F)(F)F)ccn2c1Cc1cc(Br)c(O)c(C#N)c1. The van der Waals surface area contributed by atoms with E-state index in [9.17, 15) is 18.3 Å². The van der Waals surface area contributed by atoms with Gasteiger partial charge in [0, 0.05) is 12.6 Å². The van der Waals surface area contributed by atoms with Crippen LogP contribution in [0.5, 0.6) is 5.75 Å². The fourth-order valence-electron chi connectivity index (χ4n) is 2.69. The first kappa shape index (κ1) is 18.2. The summed E-state index contributed by atoms with van der Waals surface area (Å²) >= 11 is 3.20. The number of phenolic OH excluding ortho intramolecular Hbond substituents is 1. The van der Waals surface area contributed by atoms with E-state index in [0.717, 1.165) is 6.07 Å². The minimum Gasteiger partial charge on any atom is -0.505 e. The highest BCUT2D eigenvalue weighted by molar-refractivity contribution is 9.10. The highest BCUT2D eigenvalue weighted by Gasteiger charge is 2.33. The van der Waals surface area contributed by atoms with Gasteiger partial charge in [0.1, 0.15) is 17.5 Å². The number of hydrogen-bond acceptors (Lipinski definition) is 4. The summed E-state index contributed by atoms with van der Waals surface area (Å²) in [6.45, 7) is 1.85. The van der Waals surface area contributed by atoms with Crippen molar-refractivity contribution in [2.24, 2.45) is 0 Å². The predicted molar refractivity (Wildman–Crippen MR) is 90.7 cm³/mol. The van der Waals surface area contributed by atoms with Gasteiger partial charge in [0.25, 0.3) is 0 Å². The van der Waals surface area contributed by atoms with Crippen molar-refractivity contribution < 1.29 is 18.3 Å². The summed E-state index contributed by atoms with van der Waals surface area (Å²) in [5.41, 5.74) is 1.13. The van der Waals surface area contributed by atoms with Gasteiger partial charge < -0.3 is 5.11 Å². The van der Waals surface area contributed by atoms with Gasteiger partial charge in [-0.1, -0.05) is 6.92 Å². The van der Waals surface area contributed by atoms with Crippen LogP contribution in [0.4, 0.5) is 13.2 Å². The Hall–Kier alpha value is -2.60. The quantitative estimate of drug-likeness (QED) is 0.682. The van der Waals surface area contributed by atoms with Crippen LogP contribution in [0.3, 0.4) is 0 Å². The minimum absolute atomic E-state index is 0.0231. The third-order valence-electron chi connectivity index (χ3n) is 3.92. The molecule has 0 saturated carbocycles. The van der Waals surface area contributed by atoms with Gasteiger partial charge in [-0.25, -0.2) is 9.97 Å². The van der Waals surface area contributed by atoms with Crippen LogP contribution in [0.1, 0.15) is 35.1 Å². The summed E-state index contributed by atoms with van der Waals surface area (Å²) in [5, 5.41) is 18.9. The molecule has 0 atom stereocenters. The van der Waals surface area contributed by atoms with E-state index in [1.807, 2.05) is 13.0 Å². The van der Waals surface area contributed by atoms with E-state index in [-0.39, 0.29) is 17.1 Å². The molecule has 3 rings (SSSR count). The van der Waals surface area contributed by atoms with Crippen LogP contribution in [0.15, 0.2) is 28.9 Å². The molecule has 9 heteroatoms. The number of fused-ring (bicyclic) bond motifs is 1. The number of phenols is 1. The van der Waals surface area contributed by atoms with Gasteiger partial charge in [0.15, 0.2) is 0 Å². The Morgan fingerprint density at radius 3 is 2.65 bits per heavy atom. The minimum atomic E-state index is -4.54. The average Bonchev–Trinajstić information content (AvgIpc) is 2.94. The molecule has 0 amide bonds. The molecule has 0 radical (unpaired) electrons. The van der Waals surface area contributed by atoms with Gasteiger partial charge in [-0.05, 0) is 46.1 Å². The zero-order chi connectivity index (χ0) is 19.1. The predicted octanol–water partition coefficient (Wildman–Crippen LogP) is 4.24. The van der Waals surface area contributed by atoms with Crippen molar-refractivity contribution >= 4 is 21.7 Å². The fraction of sp³-hybridized carbons (Fsp3) is 0.235. The number of aromatic hydroxyl groups is 1. The Kier molecular flexibility index (Phi) is 4.63. The molecular weight excluding hydrogens is 413 g/mol. The van der Waals surface area contributed by atoms with Gasteiger partial charge >= 0.3 is 6.18 Å². The first-order chi connectivity index (χ1) is 12.2. The average molecular weight is 425 g/mol. The Bertz CT molecular complexity index is 1040. The second-order valence-corrected chi connectivity index (χ2v) is 6.46. The van der Waals surface area contributed by atoms with Crippen LogP contribution in [0, 0.1) is 11.3 Å². The number of benzene rings is 1. The zero-order valence-corrected chi connectivity index (χ0v) is 15.1. The Morgan fingerprint density at radius 1 is 1.31 bits per heavy atom. The van der Waals surface area contributed by atoms with E-state index >= 15 is 0 Å². The first-order valence-corrected chi connectivity index (χ1v) is 8.39. The van der Waals surface area contributed by atoms with Crippen molar-refractivity contribution in [2.75, 3.05) is 0 Å². The second-order valence-electron chi connectivity index (χ2n) is 5.60. The van der Waals surface area contributed by atoms with E-state index in [0.29, 0.717) is 34.3 Å². The smallest absolute Gasteiger partial charge is 0.433 e. The lowest BCUT2D eigenvalue weighted by atomic mass is 10.0. The van der Waals surface area contributed by atoms with Crippen molar-refractivity contribution in [1.82, 2.24) is 14.4 Å². The van der Waals surface area contributed by atoms with Crippen LogP contribution >= 0.6 is 15.9 Å². The molecule has 0 aliphatic heterocycles. The van der Waals surface area contributed by atoms with Crippen molar-refractivity contribution in [3.63, 3.8) is 0 Å². The third kappa shape index (κ3) is 3.24. The van der Waals surface area contributed by atoms with E-state index in [2.05, 4.69) is 25.9 Å². The molecule has 1 N–H and O–H groups in total. The normalized spacial score (nSPS) is 11.7. The number of aromatic nitrogens is 3. The molecule has 2 heterocycles. The van der Waals surface area contributed by atoms with Gasteiger partial charge in [0.05, 0.1) is 21.4 Å². The molecule has 26 heavy (non-hydrogen) atoms. The van der Waals surface area contributed by atoms with Crippen LogP contribution in [-0.4, -0.2) is 19.5 Å². The van der Waals surface area contributed by atoms with Crippen LogP contribution in [0.2, 0.25) is 0 Å². The van der Waals surface area contributed by atoms with Gasteiger partial charge in [-0.3, -0.25) is 4.40 Å². The van der Waals surface area contributed by atoms with Crippen LogP contribution in [-0.2, 0) is 19.0 Å². The molecule has 3 aromatic rings. The fourth-order valence-corrected chi connectivity index (χ4v) is 3.20. The van der Waals surface area contributed by atoms with Crippen molar-refractivity contribution in [2.45, 2.75) is 25.9 Å². The molecule has 134 valence electrons. The number of aryl methyl sites for hydroxylation is 1. The topological polar surface area (TPSA) is 74.2 Å². The zero-order valence-electron chi connectivity index (χ0n) is 13.5. The summed E-state index contributed by atoms with van der Waals surface area (Å²) in [6, 6.07) is 6.01. The second kappa shape index (κ2) is 6.61. The maximum Gasteiger partial charge on any atom is 0.433 e. The molecule has 0 aliphatic carbocycles. The van der Waals surface area contributed by atoms with Gasteiger partial charge in [-0.2, -0.15) is 18.4 Å². The molecule has 0 fully saturated rings. The highest BCUT2D eigenvalue weighted by atomic mass is 79.9. The lowest BCUT2D eigenvalue weighted by Crippen LogP contribution is -2.09. The maximum atomic E-state index is 12.9.